The number of aliphatic hydroxyl groups is 1. The normalized spacial score (nSPS) is 26.4. The molecule has 128 valence electrons. The van der Waals surface area contributed by atoms with Crippen LogP contribution in [-0.2, 0) is 4.79 Å². The van der Waals surface area contributed by atoms with Gasteiger partial charge in [-0.15, -0.1) is 0 Å². The van der Waals surface area contributed by atoms with Gasteiger partial charge in [-0.05, 0) is 19.3 Å². The Hall–Kier alpha value is -0.750. The predicted octanol–water partition coefficient (Wildman–Crippen LogP) is 2.26. The number of piperazine rings is 1. The molecule has 0 bridgehead atoms. The fraction of sp³-hybridized carbons (Fsp3) is 0.938. The Balaban J connectivity index is 1.88. The van der Waals surface area contributed by atoms with E-state index in [1.54, 1.807) is 9.80 Å². The Bertz CT molecular complexity index is 373. The summed E-state index contributed by atoms with van der Waals surface area (Å²) in [5, 5.41) is 10.5. The van der Waals surface area contributed by atoms with Crippen LogP contribution in [0.25, 0.3) is 0 Å². The smallest absolute Gasteiger partial charge is 0.251 e. The van der Waals surface area contributed by atoms with Gasteiger partial charge in [-0.2, -0.15) is 0 Å². The van der Waals surface area contributed by atoms with E-state index in [9.17, 15) is 18.7 Å². The summed E-state index contributed by atoms with van der Waals surface area (Å²) in [7, 11) is 0. The molecule has 1 aliphatic carbocycles. The number of hydrogen-bond donors (Lipinski definition) is 1. The minimum absolute atomic E-state index is 0.00676. The number of halogens is 2. The maximum absolute atomic E-state index is 12.6. The second kappa shape index (κ2) is 7.68. The molecule has 2 rings (SSSR count). The minimum atomic E-state index is -2.33. The molecule has 1 unspecified atom stereocenters. The van der Waals surface area contributed by atoms with E-state index in [1.807, 2.05) is 6.92 Å². The molecule has 4 nitrogen and oxygen atoms in total. The summed E-state index contributed by atoms with van der Waals surface area (Å²) in [6.07, 6.45) is 3.06. The fourth-order valence-electron chi connectivity index (χ4n) is 3.70. The summed E-state index contributed by atoms with van der Waals surface area (Å²) < 4.78 is 25.2. The van der Waals surface area contributed by atoms with Gasteiger partial charge in [0.1, 0.15) is 0 Å². The fourth-order valence-corrected chi connectivity index (χ4v) is 3.70. The zero-order chi connectivity index (χ0) is 16.2. The SMILES string of the molecule is CCC1CN(C(=O)CC2(O)CCCCC2)CCN1CC(F)F. The van der Waals surface area contributed by atoms with Crippen molar-refractivity contribution in [2.75, 3.05) is 26.2 Å². The van der Waals surface area contributed by atoms with Gasteiger partial charge in [0.2, 0.25) is 5.91 Å². The number of alkyl halides is 2. The van der Waals surface area contributed by atoms with Crippen molar-refractivity contribution in [3.63, 3.8) is 0 Å². The minimum Gasteiger partial charge on any atom is -0.389 e. The molecule has 0 aromatic carbocycles. The van der Waals surface area contributed by atoms with Crippen molar-refractivity contribution in [1.29, 1.82) is 0 Å². The van der Waals surface area contributed by atoms with Gasteiger partial charge >= 0.3 is 0 Å². The van der Waals surface area contributed by atoms with E-state index in [0.29, 0.717) is 32.5 Å². The molecule has 0 aromatic rings. The quantitative estimate of drug-likeness (QED) is 0.845. The number of carbonyl (C=O) groups is 1. The van der Waals surface area contributed by atoms with Crippen LogP contribution in [0, 0.1) is 0 Å². The molecule has 0 spiro atoms. The molecule has 22 heavy (non-hydrogen) atoms. The van der Waals surface area contributed by atoms with Gasteiger partial charge in [0.25, 0.3) is 6.43 Å². The molecule has 2 fully saturated rings. The van der Waals surface area contributed by atoms with Gasteiger partial charge in [0, 0.05) is 25.7 Å². The van der Waals surface area contributed by atoms with Crippen molar-refractivity contribution >= 4 is 5.91 Å². The standard InChI is InChI=1S/C16H28F2N2O2/c1-2-13-11-20(9-8-19(13)12-14(17)18)15(21)10-16(22)6-4-3-5-7-16/h13-14,22H,2-12H2,1H3. The molecule has 0 aromatic heterocycles. The molecule has 2 aliphatic rings. The second-order valence-corrected chi connectivity index (χ2v) is 6.75. The Morgan fingerprint density at radius 1 is 1.27 bits per heavy atom. The second-order valence-electron chi connectivity index (χ2n) is 6.75. The molecule has 1 saturated heterocycles. The van der Waals surface area contributed by atoms with E-state index >= 15 is 0 Å². The van der Waals surface area contributed by atoms with Crippen molar-refractivity contribution in [2.45, 2.75) is 69.9 Å². The Morgan fingerprint density at radius 3 is 2.55 bits per heavy atom. The Kier molecular flexibility index (Phi) is 6.15. The van der Waals surface area contributed by atoms with E-state index in [2.05, 4.69) is 0 Å². The van der Waals surface area contributed by atoms with Gasteiger partial charge < -0.3 is 10.0 Å². The average molecular weight is 318 g/mol. The maximum Gasteiger partial charge on any atom is 0.251 e. The van der Waals surface area contributed by atoms with Crippen molar-refractivity contribution in [3.8, 4) is 0 Å². The first-order chi connectivity index (χ1) is 10.4. The number of carbonyl (C=O) groups excluding carboxylic acids is 1. The first-order valence-electron chi connectivity index (χ1n) is 8.46. The largest absolute Gasteiger partial charge is 0.389 e. The van der Waals surface area contributed by atoms with Crippen LogP contribution in [0.3, 0.4) is 0 Å². The van der Waals surface area contributed by atoms with Gasteiger partial charge in [0.15, 0.2) is 0 Å². The van der Waals surface area contributed by atoms with Gasteiger partial charge in [-0.1, -0.05) is 26.2 Å². The van der Waals surface area contributed by atoms with Crippen LogP contribution in [0.2, 0.25) is 0 Å². The summed E-state index contributed by atoms with van der Waals surface area (Å²) >= 11 is 0. The topological polar surface area (TPSA) is 43.8 Å². The lowest BCUT2D eigenvalue weighted by Crippen LogP contribution is -2.56. The maximum atomic E-state index is 12.6. The van der Waals surface area contributed by atoms with E-state index in [1.165, 1.54) is 0 Å². The first kappa shape index (κ1) is 17.6. The van der Waals surface area contributed by atoms with Crippen molar-refractivity contribution in [2.24, 2.45) is 0 Å². The molecule has 1 N–H and O–H groups in total. The van der Waals surface area contributed by atoms with Gasteiger partial charge in [-0.3, -0.25) is 9.69 Å². The van der Waals surface area contributed by atoms with Crippen molar-refractivity contribution < 1.29 is 18.7 Å². The summed E-state index contributed by atoms with van der Waals surface area (Å²) in [6, 6.07) is -0.00676. The van der Waals surface area contributed by atoms with E-state index in [4.69, 9.17) is 0 Å². The number of rotatable bonds is 5. The molecule has 0 radical (unpaired) electrons. The van der Waals surface area contributed by atoms with Gasteiger partial charge in [-0.25, -0.2) is 8.78 Å². The monoisotopic (exact) mass is 318 g/mol. The summed E-state index contributed by atoms with van der Waals surface area (Å²) in [4.78, 5) is 16.0. The molecular formula is C16H28F2N2O2. The van der Waals surface area contributed by atoms with Crippen molar-refractivity contribution in [1.82, 2.24) is 9.80 Å². The van der Waals surface area contributed by atoms with Crippen LogP contribution in [0.5, 0.6) is 0 Å². The van der Waals surface area contributed by atoms with Crippen LogP contribution in [0.1, 0.15) is 51.9 Å². The average Bonchev–Trinajstić information content (AvgIpc) is 2.47. The summed E-state index contributed by atoms with van der Waals surface area (Å²) in [5.74, 6) is -0.0282. The third-order valence-electron chi connectivity index (χ3n) is 5.07. The highest BCUT2D eigenvalue weighted by Gasteiger charge is 2.36. The number of nitrogens with zero attached hydrogens (tertiary/aromatic N) is 2. The van der Waals surface area contributed by atoms with Crippen LogP contribution >= 0.6 is 0 Å². The molecule has 1 aliphatic heterocycles. The van der Waals surface area contributed by atoms with E-state index in [-0.39, 0.29) is 24.9 Å². The van der Waals surface area contributed by atoms with E-state index < -0.39 is 12.0 Å². The first-order valence-corrected chi connectivity index (χ1v) is 8.46. The molecule has 1 heterocycles. The summed E-state index contributed by atoms with van der Waals surface area (Å²) in [6.45, 7) is 3.22. The molecule has 6 heteroatoms. The summed E-state index contributed by atoms with van der Waals surface area (Å²) in [5.41, 5.74) is -0.850. The highest BCUT2D eigenvalue weighted by molar-refractivity contribution is 5.77. The number of amides is 1. The lowest BCUT2D eigenvalue weighted by molar-refractivity contribution is -0.141. The Labute approximate surface area is 131 Å². The third-order valence-corrected chi connectivity index (χ3v) is 5.07. The zero-order valence-corrected chi connectivity index (χ0v) is 13.4. The molecule has 1 saturated carbocycles. The Morgan fingerprint density at radius 2 is 1.95 bits per heavy atom. The van der Waals surface area contributed by atoms with Crippen LogP contribution < -0.4 is 0 Å². The molecular weight excluding hydrogens is 290 g/mol. The van der Waals surface area contributed by atoms with Crippen LogP contribution in [0.15, 0.2) is 0 Å². The molecule has 1 amide bonds. The van der Waals surface area contributed by atoms with Gasteiger partial charge in [0.05, 0.1) is 18.6 Å². The van der Waals surface area contributed by atoms with E-state index in [0.717, 1.165) is 25.7 Å². The van der Waals surface area contributed by atoms with Crippen molar-refractivity contribution in [3.05, 3.63) is 0 Å². The third kappa shape index (κ3) is 4.62. The number of hydrogen-bond acceptors (Lipinski definition) is 3. The zero-order valence-electron chi connectivity index (χ0n) is 13.4. The lowest BCUT2D eigenvalue weighted by Gasteiger charge is -2.42. The highest BCUT2D eigenvalue weighted by Crippen LogP contribution is 2.31. The van der Waals surface area contributed by atoms with Crippen LogP contribution in [0.4, 0.5) is 8.78 Å². The molecule has 1 atom stereocenters. The highest BCUT2D eigenvalue weighted by atomic mass is 19.3. The lowest BCUT2D eigenvalue weighted by atomic mass is 9.82. The van der Waals surface area contributed by atoms with Crippen LogP contribution in [-0.4, -0.2) is 65.1 Å². The predicted molar refractivity (Wildman–Crippen MR) is 80.9 cm³/mol.